The second kappa shape index (κ2) is 7.96. The maximum absolute atomic E-state index is 12.1. The number of ether oxygens (including phenoxy) is 1. The lowest BCUT2D eigenvalue weighted by Crippen LogP contribution is -2.22. The van der Waals surface area contributed by atoms with Crippen molar-refractivity contribution in [1.29, 1.82) is 0 Å². The van der Waals surface area contributed by atoms with Crippen LogP contribution in [0.4, 0.5) is 17.1 Å². The van der Waals surface area contributed by atoms with E-state index in [0.717, 1.165) is 17.7 Å². The summed E-state index contributed by atoms with van der Waals surface area (Å²) in [5.41, 5.74) is 2.32. The van der Waals surface area contributed by atoms with Gasteiger partial charge in [-0.15, -0.1) is 0 Å². The Morgan fingerprint density at radius 1 is 1.21 bits per heavy atom. The Morgan fingerprint density at radius 3 is 2.62 bits per heavy atom. The number of nitrogens with zero attached hydrogens (tertiary/aromatic N) is 1. The van der Waals surface area contributed by atoms with Crippen molar-refractivity contribution in [3.05, 3.63) is 58.1 Å². The summed E-state index contributed by atoms with van der Waals surface area (Å²) in [6.45, 7) is 2.12. The summed E-state index contributed by atoms with van der Waals surface area (Å²) >= 11 is 0. The van der Waals surface area contributed by atoms with Gasteiger partial charge >= 0.3 is 0 Å². The molecular weight excluding hydrogens is 310 g/mol. The lowest BCUT2D eigenvalue weighted by Gasteiger charge is -2.12. The average Bonchev–Trinajstić information content (AvgIpc) is 2.60. The number of carbonyl (C=O) groups is 1. The molecular formula is C17H19N3O4. The van der Waals surface area contributed by atoms with Crippen LogP contribution >= 0.6 is 0 Å². The molecule has 0 heterocycles. The third-order valence-electron chi connectivity index (χ3n) is 3.51. The summed E-state index contributed by atoms with van der Waals surface area (Å²) in [7, 11) is 1.39. The van der Waals surface area contributed by atoms with Gasteiger partial charge in [-0.05, 0) is 24.1 Å². The molecule has 0 radical (unpaired) electrons. The molecule has 2 aromatic rings. The van der Waals surface area contributed by atoms with E-state index in [4.69, 9.17) is 4.74 Å². The third kappa shape index (κ3) is 4.22. The molecule has 0 aromatic heterocycles. The van der Waals surface area contributed by atoms with Crippen molar-refractivity contribution in [2.24, 2.45) is 0 Å². The fourth-order valence-electron chi connectivity index (χ4n) is 2.27. The van der Waals surface area contributed by atoms with Crippen molar-refractivity contribution in [3.63, 3.8) is 0 Å². The number of amides is 1. The van der Waals surface area contributed by atoms with Crippen LogP contribution in [0.5, 0.6) is 5.75 Å². The number of anilines is 2. The van der Waals surface area contributed by atoms with Crippen LogP contribution in [-0.2, 0) is 11.2 Å². The third-order valence-corrected chi connectivity index (χ3v) is 3.51. The minimum atomic E-state index is -0.517. The zero-order valence-corrected chi connectivity index (χ0v) is 13.5. The Morgan fingerprint density at radius 2 is 1.96 bits per heavy atom. The van der Waals surface area contributed by atoms with Crippen molar-refractivity contribution in [2.75, 3.05) is 24.3 Å². The molecule has 0 bridgehead atoms. The van der Waals surface area contributed by atoms with Crippen LogP contribution in [0.2, 0.25) is 0 Å². The SMILES string of the molecule is CCc1ccccc1NCC(=O)Nc1ccc([N+](=O)[O-])cc1OC. The molecule has 7 heteroatoms. The highest BCUT2D eigenvalue weighted by molar-refractivity contribution is 5.95. The Balaban J connectivity index is 2.03. The molecule has 0 aliphatic carbocycles. The number of aryl methyl sites for hydroxylation is 1. The summed E-state index contributed by atoms with van der Waals surface area (Å²) in [5.74, 6) is -0.0282. The van der Waals surface area contributed by atoms with Gasteiger partial charge in [0, 0.05) is 11.8 Å². The second-order valence-electron chi connectivity index (χ2n) is 5.05. The number of nitro groups is 1. The molecule has 7 nitrogen and oxygen atoms in total. The number of nitro benzene ring substituents is 1. The molecule has 0 spiro atoms. The zero-order valence-electron chi connectivity index (χ0n) is 13.5. The Kier molecular flexibility index (Phi) is 5.73. The van der Waals surface area contributed by atoms with E-state index in [9.17, 15) is 14.9 Å². The van der Waals surface area contributed by atoms with Gasteiger partial charge < -0.3 is 15.4 Å². The highest BCUT2D eigenvalue weighted by Gasteiger charge is 2.13. The van der Waals surface area contributed by atoms with E-state index in [1.807, 2.05) is 31.2 Å². The van der Waals surface area contributed by atoms with E-state index in [1.54, 1.807) is 0 Å². The van der Waals surface area contributed by atoms with Crippen LogP contribution in [0.25, 0.3) is 0 Å². The number of non-ortho nitro benzene ring substituents is 1. The number of para-hydroxylation sites is 1. The Hall–Kier alpha value is -3.09. The monoisotopic (exact) mass is 329 g/mol. The molecule has 0 atom stereocenters. The van der Waals surface area contributed by atoms with Crippen molar-refractivity contribution >= 4 is 23.0 Å². The van der Waals surface area contributed by atoms with Gasteiger partial charge in [0.2, 0.25) is 5.91 Å². The maximum Gasteiger partial charge on any atom is 0.273 e. The molecule has 0 unspecified atom stereocenters. The molecule has 1 amide bonds. The number of hydrogen-bond acceptors (Lipinski definition) is 5. The van der Waals surface area contributed by atoms with Gasteiger partial charge in [-0.25, -0.2) is 0 Å². The van der Waals surface area contributed by atoms with E-state index >= 15 is 0 Å². The first-order chi connectivity index (χ1) is 11.5. The number of rotatable bonds is 7. The molecule has 2 rings (SSSR count). The van der Waals surface area contributed by atoms with E-state index in [-0.39, 0.29) is 23.9 Å². The number of benzene rings is 2. The summed E-state index contributed by atoms with van der Waals surface area (Å²) in [4.78, 5) is 22.4. The molecule has 2 N–H and O–H groups in total. The number of carbonyl (C=O) groups excluding carboxylic acids is 1. The summed E-state index contributed by atoms with van der Waals surface area (Å²) < 4.78 is 5.10. The number of hydrogen-bond donors (Lipinski definition) is 2. The standard InChI is InChI=1S/C17H19N3O4/c1-3-12-6-4-5-7-14(12)18-11-17(21)19-15-9-8-13(20(22)23)10-16(15)24-2/h4-10,18H,3,11H2,1-2H3,(H,19,21). The fourth-order valence-corrected chi connectivity index (χ4v) is 2.27. The van der Waals surface area contributed by atoms with Crippen molar-refractivity contribution < 1.29 is 14.5 Å². The van der Waals surface area contributed by atoms with Gasteiger partial charge in [0.15, 0.2) is 0 Å². The molecule has 24 heavy (non-hydrogen) atoms. The smallest absolute Gasteiger partial charge is 0.273 e. The molecule has 0 saturated carbocycles. The van der Waals surface area contributed by atoms with E-state index in [0.29, 0.717) is 5.69 Å². The lowest BCUT2D eigenvalue weighted by atomic mass is 10.1. The minimum Gasteiger partial charge on any atom is -0.494 e. The van der Waals surface area contributed by atoms with Crippen LogP contribution < -0.4 is 15.4 Å². The van der Waals surface area contributed by atoms with Crippen LogP contribution in [0.3, 0.4) is 0 Å². The highest BCUT2D eigenvalue weighted by Crippen LogP contribution is 2.28. The summed E-state index contributed by atoms with van der Waals surface area (Å²) in [6, 6.07) is 11.8. The average molecular weight is 329 g/mol. The molecule has 0 fully saturated rings. The van der Waals surface area contributed by atoms with Crippen LogP contribution in [0, 0.1) is 10.1 Å². The van der Waals surface area contributed by atoms with Gasteiger partial charge in [0.25, 0.3) is 5.69 Å². The molecule has 2 aromatic carbocycles. The quantitative estimate of drug-likeness (QED) is 0.601. The first-order valence-corrected chi connectivity index (χ1v) is 7.49. The molecule has 126 valence electrons. The van der Waals surface area contributed by atoms with Crippen LogP contribution in [0.1, 0.15) is 12.5 Å². The lowest BCUT2D eigenvalue weighted by molar-refractivity contribution is -0.384. The first-order valence-electron chi connectivity index (χ1n) is 7.49. The topological polar surface area (TPSA) is 93.5 Å². The molecule has 0 aliphatic rings. The number of nitrogens with one attached hydrogen (secondary N) is 2. The van der Waals surface area contributed by atoms with Crippen LogP contribution in [0.15, 0.2) is 42.5 Å². The Labute approximate surface area is 139 Å². The zero-order chi connectivity index (χ0) is 17.5. The summed E-state index contributed by atoms with van der Waals surface area (Å²) in [6.07, 6.45) is 0.862. The van der Waals surface area contributed by atoms with Crippen molar-refractivity contribution in [3.8, 4) is 5.75 Å². The van der Waals surface area contributed by atoms with Gasteiger partial charge in [-0.2, -0.15) is 0 Å². The number of methoxy groups -OCH3 is 1. The minimum absolute atomic E-state index is 0.0805. The van der Waals surface area contributed by atoms with Gasteiger partial charge in [0.1, 0.15) is 5.75 Å². The Bertz CT molecular complexity index is 746. The van der Waals surface area contributed by atoms with E-state index in [2.05, 4.69) is 10.6 Å². The first kappa shape index (κ1) is 17.3. The van der Waals surface area contributed by atoms with E-state index < -0.39 is 4.92 Å². The highest BCUT2D eigenvalue weighted by atomic mass is 16.6. The molecule has 0 aliphatic heterocycles. The van der Waals surface area contributed by atoms with Crippen molar-refractivity contribution in [1.82, 2.24) is 0 Å². The van der Waals surface area contributed by atoms with Gasteiger partial charge in [-0.1, -0.05) is 25.1 Å². The van der Waals surface area contributed by atoms with E-state index in [1.165, 1.54) is 25.3 Å². The maximum atomic E-state index is 12.1. The molecule has 0 saturated heterocycles. The van der Waals surface area contributed by atoms with Crippen LogP contribution in [-0.4, -0.2) is 24.5 Å². The van der Waals surface area contributed by atoms with Crippen molar-refractivity contribution in [2.45, 2.75) is 13.3 Å². The van der Waals surface area contributed by atoms with Gasteiger partial charge in [-0.3, -0.25) is 14.9 Å². The normalized spacial score (nSPS) is 10.1. The largest absolute Gasteiger partial charge is 0.494 e. The second-order valence-corrected chi connectivity index (χ2v) is 5.05. The predicted molar refractivity (Wildman–Crippen MR) is 92.6 cm³/mol. The fraction of sp³-hybridized carbons (Fsp3) is 0.235. The van der Waals surface area contributed by atoms with Gasteiger partial charge in [0.05, 0.1) is 30.3 Å². The predicted octanol–water partition coefficient (Wildman–Crippen LogP) is 3.22. The summed E-state index contributed by atoms with van der Waals surface area (Å²) in [5, 5.41) is 16.6.